The van der Waals surface area contributed by atoms with Crippen LogP contribution in [0.2, 0.25) is 5.02 Å². The van der Waals surface area contributed by atoms with Gasteiger partial charge in [-0.2, -0.15) is 0 Å². The molecule has 0 saturated carbocycles. The molecule has 3 nitrogen and oxygen atoms in total. The van der Waals surface area contributed by atoms with Crippen LogP contribution in [0, 0.1) is 5.92 Å². The SMILES string of the molecule is O=C(/C=C/c1ccc(Cl)cc1)N1CCC(CCO)C1. The number of carbonyl (C=O) groups excluding carboxylic acids is 1. The normalized spacial score (nSPS) is 19.3. The minimum atomic E-state index is 0.0374. The first-order valence-electron chi connectivity index (χ1n) is 6.52. The molecule has 0 aliphatic carbocycles. The fraction of sp³-hybridized carbons (Fsp3) is 0.400. The molecule has 1 fully saturated rings. The van der Waals surface area contributed by atoms with Crippen molar-refractivity contribution in [2.24, 2.45) is 5.92 Å². The number of carbonyl (C=O) groups is 1. The van der Waals surface area contributed by atoms with Crippen LogP contribution in [0.5, 0.6) is 0 Å². The summed E-state index contributed by atoms with van der Waals surface area (Å²) in [6, 6.07) is 7.37. The highest BCUT2D eigenvalue weighted by Gasteiger charge is 2.24. The fourth-order valence-electron chi connectivity index (χ4n) is 2.30. The molecule has 1 aliphatic heterocycles. The summed E-state index contributed by atoms with van der Waals surface area (Å²) >= 11 is 5.80. The summed E-state index contributed by atoms with van der Waals surface area (Å²) in [5.41, 5.74) is 0.962. The lowest BCUT2D eigenvalue weighted by atomic mass is 10.1. The maximum atomic E-state index is 12.0. The van der Waals surface area contributed by atoms with Crippen LogP contribution >= 0.6 is 11.6 Å². The van der Waals surface area contributed by atoms with Crippen LogP contribution in [0.4, 0.5) is 0 Å². The van der Waals surface area contributed by atoms with Crippen molar-refractivity contribution in [3.05, 3.63) is 40.9 Å². The van der Waals surface area contributed by atoms with E-state index in [0.717, 1.165) is 31.5 Å². The minimum absolute atomic E-state index is 0.0374. The van der Waals surface area contributed by atoms with E-state index in [2.05, 4.69) is 0 Å². The van der Waals surface area contributed by atoms with Gasteiger partial charge in [-0.3, -0.25) is 4.79 Å². The Morgan fingerprint density at radius 2 is 2.16 bits per heavy atom. The number of benzene rings is 1. The Hall–Kier alpha value is -1.32. The zero-order valence-electron chi connectivity index (χ0n) is 10.8. The van der Waals surface area contributed by atoms with E-state index in [1.807, 2.05) is 17.0 Å². The van der Waals surface area contributed by atoms with Crippen molar-refractivity contribution < 1.29 is 9.90 Å². The maximum Gasteiger partial charge on any atom is 0.246 e. The molecule has 1 heterocycles. The molecule has 2 rings (SSSR count). The lowest BCUT2D eigenvalue weighted by Crippen LogP contribution is -2.26. The molecule has 0 spiro atoms. The van der Waals surface area contributed by atoms with Crippen molar-refractivity contribution in [3.8, 4) is 0 Å². The van der Waals surface area contributed by atoms with Gasteiger partial charge in [0.25, 0.3) is 0 Å². The van der Waals surface area contributed by atoms with Gasteiger partial charge in [0, 0.05) is 30.8 Å². The first-order valence-corrected chi connectivity index (χ1v) is 6.90. The van der Waals surface area contributed by atoms with Gasteiger partial charge in [0.15, 0.2) is 0 Å². The first-order chi connectivity index (χ1) is 9.19. The van der Waals surface area contributed by atoms with Crippen molar-refractivity contribution in [2.75, 3.05) is 19.7 Å². The Bertz CT molecular complexity index is 456. The Morgan fingerprint density at radius 3 is 2.84 bits per heavy atom. The third-order valence-corrected chi connectivity index (χ3v) is 3.68. The smallest absolute Gasteiger partial charge is 0.246 e. The molecule has 1 N–H and O–H groups in total. The predicted molar refractivity (Wildman–Crippen MR) is 76.9 cm³/mol. The van der Waals surface area contributed by atoms with Crippen LogP contribution in [-0.2, 0) is 4.79 Å². The Morgan fingerprint density at radius 1 is 1.42 bits per heavy atom. The highest BCUT2D eigenvalue weighted by molar-refractivity contribution is 6.30. The largest absolute Gasteiger partial charge is 0.396 e. The van der Waals surface area contributed by atoms with Gasteiger partial charge in [0.2, 0.25) is 5.91 Å². The maximum absolute atomic E-state index is 12.0. The number of halogens is 1. The number of amides is 1. The van der Waals surface area contributed by atoms with Gasteiger partial charge in [-0.05, 0) is 42.5 Å². The summed E-state index contributed by atoms with van der Waals surface area (Å²) in [7, 11) is 0. The molecule has 0 aromatic heterocycles. The van der Waals surface area contributed by atoms with E-state index in [1.54, 1.807) is 24.3 Å². The molecule has 1 saturated heterocycles. The van der Waals surface area contributed by atoms with Crippen LogP contribution in [-0.4, -0.2) is 35.6 Å². The third kappa shape index (κ3) is 4.08. The molecule has 0 bridgehead atoms. The van der Waals surface area contributed by atoms with Gasteiger partial charge in [-0.1, -0.05) is 23.7 Å². The molecule has 1 unspecified atom stereocenters. The highest BCUT2D eigenvalue weighted by Crippen LogP contribution is 2.19. The summed E-state index contributed by atoms with van der Waals surface area (Å²) < 4.78 is 0. The zero-order valence-corrected chi connectivity index (χ0v) is 11.5. The lowest BCUT2D eigenvalue weighted by Gasteiger charge is -2.13. The number of nitrogens with zero attached hydrogens (tertiary/aromatic N) is 1. The quantitative estimate of drug-likeness (QED) is 0.861. The second-order valence-electron chi connectivity index (χ2n) is 4.84. The number of hydrogen-bond donors (Lipinski definition) is 1. The Kier molecular flexibility index (Phi) is 5.00. The highest BCUT2D eigenvalue weighted by atomic mass is 35.5. The van der Waals surface area contributed by atoms with Gasteiger partial charge in [0.1, 0.15) is 0 Å². The molecule has 1 aliphatic rings. The summed E-state index contributed by atoms with van der Waals surface area (Å²) in [5.74, 6) is 0.480. The van der Waals surface area contributed by atoms with Crippen molar-refractivity contribution in [3.63, 3.8) is 0 Å². The summed E-state index contributed by atoms with van der Waals surface area (Å²) in [6.07, 6.45) is 5.17. The van der Waals surface area contributed by atoms with Gasteiger partial charge in [0.05, 0.1) is 0 Å². The number of likely N-dealkylation sites (tertiary alicyclic amines) is 1. The van der Waals surface area contributed by atoms with Crippen molar-refractivity contribution in [2.45, 2.75) is 12.8 Å². The second-order valence-corrected chi connectivity index (χ2v) is 5.27. The summed E-state index contributed by atoms with van der Waals surface area (Å²) in [4.78, 5) is 13.8. The molecule has 0 radical (unpaired) electrons. The van der Waals surface area contributed by atoms with Crippen molar-refractivity contribution >= 4 is 23.6 Å². The summed E-state index contributed by atoms with van der Waals surface area (Å²) in [6.45, 7) is 1.74. The van der Waals surface area contributed by atoms with E-state index in [1.165, 1.54) is 0 Å². The predicted octanol–water partition coefficient (Wildman–Crippen LogP) is 2.58. The number of rotatable bonds is 4. The molecule has 1 aromatic rings. The monoisotopic (exact) mass is 279 g/mol. The average Bonchev–Trinajstić information content (AvgIpc) is 2.87. The van der Waals surface area contributed by atoms with E-state index >= 15 is 0 Å². The number of aliphatic hydroxyl groups is 1. The molecule has 102 valence electrons. The Balaban J connectivity index is 1.89. The zero-order chi connectivity index (χ0) is 13.7. The standard InChI is InChI=1S/C15H18ClNO2/c16-14-4-1-12(2-5-14)3-6-15(19)17-9-7-13(11-17)8-10-18/h1-6,13,18H,7-11H2/b6-3+. The van der Waals surface area contributed by atoms with Gasteiger partial charge in [-0.15, -0.1) is 0 Å². The van der Waals surface area contributed by atoms with Crippen LogP contribution in [0.25, 0.3) is 6.08 Å². The number of aliphatic hydroxyl groups excluding tert-OH is 1. The molecule has 1 aromatic carbocycles. The van der Waals surface area contributed by atoms with Crippen LogP contribution in [0.1, 0.15) is 18.4 Å². The van der Waals surface area contributed by atoms with Gasteiger partial charge in [-0.25, -0.2) is 0 Å². The molecule has 4 heteroatoms. The van der Waals surface area contributed by atoms with E-state index in [4.69, 9.17) is 16.7 Å². The number of hydrogen-bond acceptors (Lipinski definition) is 2. The molecular weight excluding hydrogens is 262 g/mol. The topological polar surface area (TPSA) is 40.5 Å². The first kappa shape index (κ1) is 14.1. The van der Waals surface area contributed by atoms with Crippen LogP contribution in [0.15, 0.2) is 30.3 Å². The average molecular weight is 280 g/mol. The van der Waals surface area contributed by atoms with E-state index in [-0.39, 0.29) is 12.5 Å². The van der Waals surface area contributed by atoms with Crippen LogP contribution in [0.3, 0.4) is 0 Å². The summed E-state index contributed by atoms with van der Waals surface area (Å²) in [5, 5.41) is 9.59. The third-order valence-electron chi connectivity index (χ3n) is 3.42. The van der Waals surface area contributed by atoms with Crippen LogP contribution < -0.4 is 0 Å². The Labute approximate surface area is 118 Å². The molecule has 19 heavy (non-hydrogen) atoms. The second kappa shape index (κ2) is 6.73. The fourth-order valence-corrected chi connectivity index (χ4v) is 2.42. The molecular formula is C15H18ClNO2. The lowest BCUT2D eigenvalue weighted by molar-refractivity contribution is -0.125. The molecule has 1 amide bonds. The van der Waals surface area contributed by atoms with Crippen molar-refractivity contribution in [1.29, 1.82) is 0 Å². The minimum Gasteiger partial charge on any atom is -0.396 e. The van der Waals surface area contributed by atoms with Gasteiger partial charge < -0.3 is 10.0 Å². The molecule has 1 atom stereocenters. The van der Waals surface area contributed by atoms with Crippen molar-refractivity contribution in [1.82, 2.24) is 4.90 Å². The van der Waals surface area contributed by atoms with E-state index in [9.17, 15) is 4.79 Å². The van der Waals surface area contributed by atoms with E-state index in [0.29, 0.717) is 10.9 Å². The van der Waals surface area contributed by atoms with E-state index < -0.39 is 0 Å². The van der Waals surface area contributed by atoms with Gasteiger partial charge >= 0.3 is 0 Å².